The Kier molecular flexibility index (Phi) is 51.5. The number of ether oxygens (including phenoxy) is 1. The lowest BCUT2D eigenvalue weighted by Crippen LogP contribution is -2.46. The lowest BCUT2D eigenvalue weighted by atomic mass is 10.0. The minimum absolute atomic E-state index is 0.00150. The van der Waals surface area contributed by atoms with Crippen molar-refractivity contribution in [2.75, 3.05) is 6.61 Å². The number of carbonyl (C=O) groups excluding carboxylic acids is 2. The topological polar surface area (TPSA) is 95.9 Å². The molecule has 0 heterocycles. The summed E-state index contributed by atoms with van der Waals surface area (Å²) >= 11 is 0. The number of unbranched alkanes of at least 4 members (excludes halogenated alkanes) is 30. The highest BCUT2D eigenvalue weighted by Gasteiger charge is 2.23. The molecule has 0 saturated heterocycles. The van der Waals surface area contributed by atoms with E-state index in [4.69, 9.17) is 4.74 Å². The zero-order valence-electron chi connectivity index (χ0n) is 43.8. The molecule has 0 aromatic carbocycles. The van der Waals surface area contributed by atoms with Gasteiger partial charge in [-0.25, -0.2) is 0 Å². The highest BCUT2D eigenvalue weighted by atomic mass is 16.5. The van der Waals surface area contributed by atoms with Gasteiger partial charge in [0.25, 0.3) is 0 Å². The van der Waals surface area contributed by atoms with Crippen LogP contribution in [0.3, 0.4) is 0 Å². The zero-order chi connectivity index (χ0) is 48.1. The van der Waals surface area contributed by atoms with Gasteiger partial charge in [0.2, 0.25) is 5.91 Å². The average molecular weight is 925 g/mol. The molecule has 384 valence electrons. The Morgan fingerprint density at radius 3 is 1.26 bits per heavy atom. The predicted molar refractivity (Wildman–Crippen MR) is 287 cm³/mol. The van der Waals surface area contributed by atoms with Gasteiger partial charge in [0, 0.05) is 12.8 Å². The molecule has 0 aliphatic carbocycles. The molecule has 0 aromatic rings. The molecule has 0 aliphatic heterocycles. The summed E-state index contributed by atoms with van der Waals surface area (Å²) in [6.07, 6.45) is 67.3. The summed E-state index contributed by atoms with van der Waals surface area (Å²) in [5.74, 6) is -0.579. The van der Waals surface area contributed by atoms with Gasteiger partial charge in [0.05, 0.1) is 25.2 Å². The Morgan fingerprint density at radius 2 is 0.803 bits per heavy atom. The Labute approximate surface area is 409 Å². The van der Waals surface area contributed by atoms with Gasteiger partial charge >= 0.3 is 5.97 Å². The van der Waals surface area contributed by atoms with Crippen LogP contribution in [0.15, 0.2) is 60.8 Å². The van der Waals surface area contributed by atoms with E-state index in [1.165, 1.54) is 173 Å². The van der Waals surface area contributed by atoms with E-state index in [-0.39, 0.29) is 24.9 Å². The van der Waals surface area contributed by atoms with Crippen molar-refractivity contribution >= 4 is 11.9 Å². The predicted octanol–water partition coefficient (Wildman–Crippen LogP) is 17.6. The maximum absolute atomic E-state index is 13.2. The Morgan fingerprint density at radius 1 is 0.455 bits per heavy atom. The van der Waals surface area contributed by atoms with Crippen LogP contribution in [0.1, 0.15) is 284 Å². The number of allylic oxidation sites excluding steroid dienone is 9. The fourth-order valence-corrected chi connectivity index (χ4v) is 8.46. The highest BCUT2D eigenvalue weighted by Crippen LogP contribution is 2.17. The summed E-state index contributed by atoms with van der Waals surface area (Å²) in [4.78, 5) is 26.2. The standard InChI is InChI=1S/C60H109NO5/c1-4-7-10-13-16-19-22-25-28-29-30-32-35-38-41-44-47-50-53-60(65)66-56(51-48-45-42-39-36-33-31-26-23-20-17-14-11-8-5-2)54-59(64)61-57(55-62)58(63)52-49-46-43-40-37-34-27-24-21-18-15-12-9-6-3/h17,20,26,30-32,36,39,45,48,56-58,62-63H,4-16,18-19,21-25,27-29,33-35,37-38,40-44,46-47,49-55H2,1-3H3,(H,61,64)/b20-17-,31-26-,32-30+,39-36-,48-45-. The molecule has 3 N–H and O–H groups in total. The quantitative estimate of drug-likeness (QED) is 0.0321. The summed E-state index contributed by atoms with van der Waals surface area (Å²) < 4.78 is 5.89. The molecule has 0 rings (SSSR count). The second kappa shape index (κ2) is 53.5. The van der Waals surface area contributed by atoms with Crippen LogP contribution in [-0.2, 0) is 14.3 Å². The van der Waals surface area contributed by atoms with Gasteiger partial charge < -0.3 is 20.3 Å². The van der Waals surface area contributed by atoms with Gasteiger partial charge in [-0.15, -0.1) is 0 Å². The lowest BCUT2D eigenvalue weighted by Gasteiger charge is -2.24. The first-order valence-corrected chi connectivity index (χ1v) is 28.5. The molecule has 0 fully saturated rings. The average Bonchev–Trinajstić information content (AvgIpc) is 3.31. The van der Waals surface area contributed by atoms with E-state index in [0.29, 0.717) is 19.3 Å². The molecule has 6 nitrogen and oxygen atoms in total. The molecular formula is C60H109NO5. The first-order chi connectivity index (χ1) is 32.5. The van der Waals surface area contributed by atoms with Crippen molar-refractivity contribution in [1.82, 2.24) is 5.32 Å². The van der Waals surface area contributed by atoms with Crippen LogP contribution >= 0.6 is 0 Å². The molecule has 0 bridgehead atoms. The van der Waals surface area contributed by atoms with Gasteiger partial charge in [-0.2, -0.15) is 0 Å². The maximum Gasteiger partial charge on any atom is 0.306 e. The third-order valence-electron chi connectivity index (χ3n) is 12.8. The van der Waals surface area contributed by atoms with E-state index in [9.17, 15) is 19.8 Å². The monoisotopic (exact) mass is 924 g/mol. The molecular weight excluding hydrogens is 815 g/mol. The van der Waals surface area contributed by atoms with E-state index >= 15 is 0 Å². The minimum atomic E-state index is -0.814. The zero-order valence-corrected chi connectivity index (χ0v) is 43.8. The van der Waals surface area contributed by atoms with Crippen LogP contribution in [-0.4, -0.2) is 46.9 Å². The second-order valence-electron chi connectivity index (χ2n) is 19.3. The van der Waals surface area contributed by atoms with Gasteiger partial charge in [0.1, 0.15) is 6.10 Å². The molecule has 0 spiro atoms. The van der Waals surface area contributed by atoms with E-state index in [1.807, 2.05) is 6.08 Å². The van der Waals surface area contributed by atoms with Crippen molar-refractivity contribution in [3.63, 3.8) is 0 Å². The normalized spacial score (nSPS) is 13.6. The lowest BCUT2D eigenvalue weighted by molar-refractivity contribution is -0.150. The van der Waals surface area contributed by atoms with E-state index in [0.717, 1.165) is 64.2 Å². The number of hydrogen-bond donors (Lipinski definition) is 3. The third kappa shape index (κ3) is 48.0. The van der Waals surface area contributed by atoms with Crippen molar-refractivity contribution < 1.29 is 24.5 Å². The molecule has 6 heteroatoms. The summed E-state index contributed by atoms with van der Waals surface area (Å²) in [7, 11) is 0. The van der Waals surface area contributed by atoms with Gasteiger partial charge in [-0.1, -0.05) is 255 Å². The van der Waals surface area contributed by atoms with Crippen LogP contribution in [0.5, 0.6) is 0 Å². The SMILES string of the molecule is CCCCC/C=C\C/C=C\C/C=C\C/C=C\CC(CC(=O)NC(CO)C(O)CCCCCCCCCCCCCCCC)OC(=O)CCCCCCC/C=C/CCCCCCCCCCC. The van der Waals surface area contributed by atoms with Crippen LogP contribution in [0.4, 0.5) is 0 Å². The maximum atomic E-state index is 13.2. The Hall–Kier alpha value is -2.44. The highest BCUT2D eigenvalue weighted by molar-refractivity contribution is 5.77. The summed E-state index contributed by atoms with van der Waals surface area (Å²) in [5.41, 5.74) is 0. The second-order valence-corrected chi connectivity index (χ2v) is 19.3. The van der Waals surface area contributed by atoms with Crippen LogP contribution in [0.2, 0.25) is 0 Å². The van der Waals surface area contributed by atoms with Crippen molar-refractivity contribution in [3.8, 4) is 0 Å². The fraction of sp³-hybridized carbons (Fsp3) is 0.800. The van der Waals surface area contributed by atoms with Gasteiger partial charge in [-0.3, -0.25) is 9.59 Å². The summed E-state index contributed by atoms with van der Waals surface area (Å²) in [6.45, 7) is 6.45. The van der Waals surface area contributed by atoms with Crippen molar-refractivity contribution in [2.45, 2.75) is 302 Å². The smallest absolute Gasteiger partial charge is 0.306 e. The number of rotatable bonds is 51. The van der Waals surface area contributed by atoms with Crippen LogP contribution in [0, 0.1) is 0 Å². The molecule has 66 heavy (non-hydrogen) atoms. The molecule has 3 unspecified atom stereocenters. The number of carbonyl (C=O) groups is 2. The number of hydrogen-bond acceptors (Lipinski definition) is 5. The molecule has 0 aliphatic rings. The summed E-state index contributed by atoms with van der Waals surface area (Å²) in [6, 6.07) is -0.734. The minimum Gasteiger partial charge on any atom is -0.461 e. The largest absolute Gasteiger partial charge is 0.461 e. The first-order valence-electron chi connectivity index (χ1n) is 28.5. The Balaban J connectivity index is 4.66. The van der Waals surface area contributed by atoms with Crippen molar-refractivity contribution in [2.24, 2.45) is 0 Å². The van der Waals surface area contributed by atoms with Crippen LogP contribution in [0.25, 0.3) is 0 Å². The number of amides is 1. The van der Waals surface area contributed by atoms with E-state index < -0.39 is 18.2 Å². The van der Waals surface area contributed by atoms with Gasteiger partial charge in [0.15, 0.2) is 0 Å². The third-order valence-corrected chi connectivity index (χ3v) is 12.8. The number of aliphatic hydroxyl groups excluding tert-OH is 2. The van der Waals surface area contributed by atoms with Crippen LogP contribution < -0.4 is 5.32 Å². The molecule has 0 radical (unpaired) electrons. The first kappa shape index (κ1) is 63.6. The van der Waals surface area contributed by atoms with Crippen molar-refractivity contribution in [1.29, 1.82) is 0 Å². The van der Waals surface area contributed by atoms with Crippen molar-refractivity contribution in [3.05, 3.63) is 60.8 Å². The molecule has 0 aromatic heterocycles. The number of esters is 1. The number of nitrogens with one attached hydrogen (secondary N) is 1. The molecule has 3 atom stereocenters. The summed E-state index contributed by atoms with van der Waals surface area (Å²) in [5, 5.41) is 23.8. The van der Waals surface area contributed by atoms with E-state index in [2.05, 4.69) is 80.8 Å². The van der Waals surface area contributed by atoms with Gasteiger partial charge in [-0.05, 0) is 70.6 Å². The van der Waals surface area contributed by atoms with E-state index in [1.54, 1.807) is 0 Å². The Bertz CT molecular complexity index is 1170. The fourth-order valence-electron chi connectivity index (χ4n) is 8.46. The molecule has 0 saturated carbocycles. The number of aliphatic hydroxyl groups is 2. The molecule has 1 amide bonds.